The highest BCUT2D eigenvalue weighted by Gasteiger charge is 2.22. The Hall–Kier alpha value is -2.56. The second-order valence-corrected chi connectivity index (χ2v) is 9.25. The van der Waals surface area contributed by atoms with Gasteiger partial charge in [0.25, 0.3) is 0 Å². The van der Waals surface area contributed by atoms with Gasteiger partial charge < -0.3 is 10.2 Å². The van der Waals surface area contributed by atoms with Gasteiger partial charge >= 0.3 is 0 Å². The van der Waals surface area contributed by atoms with E-state index in [4.69, 9.17) is 0 Å². The minimum atomic E-state index is 0.280. The lowest BCUT2D eigenvalue weighted by Crippen LogP contribution is -2.19. The van der Waals surface area contributed by atoms with Crippen molar-refractivity contribution in [2.45, 2.75) is 51.6 Å². The van der Waals surface area contributed by atoms with Crippen LogP contribution in [0.2, 0.25) is 0 Å². The summed E-state index contributed by atoms with van der Waals surface area (Å²) in [6.45, 7) is 13.6. The fourth-order valence-corrected chi connectivity index (χ4v) is 5.11. The van der Waals surface area contributed by atoms with Crippen molar-refractivity contribution in [2.75, 3.05) is 26.2 Å². The zero-order chi connectivity index (χ0) is 22.5. The van der Waals surface area contributed by atoms with Crippen LogP contribution in [0.15, 0.2) is 49.6 Å². The van der Waals surface area contributed by atoms with Gasteiger partial charge in [-0.25, -0.2) is 0 Å². The lowest BCUT2D eigenvalue weighted by molar-refractivity contribution is 0.323. The maximum atomic E-state index is 11.3. The zero-order valence-electron chi connectivity index (χ0n) is 19.2. The van der Waals surface area contributed by atoms with Crippen molar-refractivity contribution in [1.82, 2.24) is 9.80 Å². The van der Waals surface area contributed by atoms with E-state index in [1.54, 1.807) is 0 Å². The molecule has 0 spiro atoms. The summed E-state index contributed by atoms with van der Waals surface area (Å²) in [5, 5.41) is 22.6. The van der Waals surface area contributed by atoms with Crippen LogP contribution in [0, 0.1) is 0 Å². The summed E-state index contributed by atoms with van der Waals surface area (Å²) in [4.78, 5) is 4.78. The molecule has 2 heterocycles. The first-order chi connectivity index (χ1) is 15.6. The van der Waals surface area contributed by atoms with E-state index in [0.717, 1.165) is 74.4 Å². The minimum absolute atomic E-state index is 0.280. The van der Waals surface area contributed by atoms with Crippen molar-refractivity contribution in [3.8, 4) is 22.6 Å². The third-order valence-electron chi connectivity index (χ3n) is 6.73. The second kappa shape index (κ2) is 10.4. The molecule has 2 saturated heterocycles. The Kier molecular flexibility index (Phi) is 7.33. The molecule has 32 heavy (non-hydrogen) atoms. The normalized spacial score (nSPS) is 17.1. The van der Waals surface area contributed by atoms with Gasteiger partial charge in [-0.2, -0.15) is 0 Å². The first kappa shape index (κ1) is 22.6. The molecule has 4 heteroatoms. The van der Waals surface area contributed by atoms with Crippen LogP contribution in [0.3, 0.4) is 0 Å². The Labute approximate surface area is 192 Å². The Morgan fingerprint density at radius 2 is 1.03 bits per heavy atom. The topological polar surface area (TPSA) is 46.9 Å². The van der Waals surface area contributed by atoms with Crippen LogP contribution in [0.4, 0.5) is 0 Å². The van der Waals surface area contributed by atoms with Gasteiger partial charge in [-0.1, -0.05) is 24.3 Å². The van der Waals surface area contributed by atoms with Crippen LogP contribution in [0.1, 0.15) is 47.9 Å². The number of nitrogens with zero attached hydrogens (tertiary/aromatic N) is 2. The SMILES string of the molecule is C=CCc1cc(CN2CCCC2)c(O)c(-c2cc(CC=C)cc(CN3CCCC3)c2O)c1. The molecule has 2 aliphatic rings. The van der Waals surface area contributed by atoms with E-state index in [1.807, 2.05) is 24.3 Å². The third-order valence-corrected chi connectivity index (χ3v) is 6.73. The Morgan fingerprint density at radius 3 is 1.38 bits per heavy atom. The van der Waals surface area contributed by atoms with Gasteiger partial charge in [-0.3, -0.25) is 9.80 Å². The minimum Gasteiger partial charge on any atom is -0.507 e. The van der Waals surface area contributed by atoms with Gasteiger partial charge in [-0.05, 0) is 88.0 Å². The second-order valence-electron chi connectivity index (χ2n) is 9.25. The predicted octanol–water partition coefficient (Wildman–Crippen LogP) is 5.41. The molecule has 4 nitrogen and oxygen atoms in total. The molecule has 0 aromatic heterocycles. The molecule has 0 atom stereocenters. The molecule has 0 amide bonds. The van der Waals surface area contributed by atoms with Crippen LogP contribution >= 0.6 is 0 Å². The molecule has 0 aliphatic carbocycles. The highest BCUT2D eigenvalue weighted by Crippen LogP contribution is 2.42. The van der Waals surface area contributed by atoms with Crippen LogP contribution in [-0.4, -0.2) is 46.2 Å². The quantitative estimate of drug-likeness (QED) is 0.520. The number of allylic oxidation sites excluding steroid dienone is 2. The van der Waals surface area contributed by atoms with E-state index >= 15 is 0 Å². The summed E-state index contributed by atoms with van der Waals surface area (Å²) in [5.74, 6) is 0.561. The zero-order valence-corrected chi connectivity index (χ0v) is 19.2. The monoisotopic (exact) mass is 432 g/mol. The number of phenolic OH excluding ortho intramolecular Hbond substituents is 2. The molecule has 2 fully saturated rings. The summed E-state index contributed by atoms with van der Waals surface area (Å²) in [7, 11) is 0. The van der Waals surface area contributed by atoms with Crippen molar-refractivity contribution < 1.29 is 10.2 Å². The molecule has 0 saturated carbocycles. The fraction of sp³-hybridized carbons (Fsp3) is 0.429. The molecule has 4 rings (SSSR count). The maximum absolute atomic E-state index is 11.3. The molecular weight excluding hydrogens is 396 g/mol. The maximum Gasteiger partial charge on any atom is 0.128 e. The fourth-order valence-electron chi connectivity index (χ4n) is 5.11. The summed E-state index contributed by atoms with van der Waals surface area (Å²) >= 11 is 0. The van der Waals surface area contributed by atoms with Gasteiger partial charge in [0.1, 0.15) is 11.5 Å². The van der Waals surface area contributed by atoms with Gasteiger partial charge in [0.05, 0.1) is 0 Å². The van der Waals surface area contributed by atoms with Crippen molar-refractivity contribution in [3.63, 3.8) is 0 Å². The Bertz CT molecular complexity index is 890. The number of aromatic hydroxyl groups is 2. The van der Waals surface area contributed by atoms with Crippen molar-refractivity contribution in [3.05, 3.63) is 71.8 Å². The number of rotatable bonds is 9. The standard InChI is InChI=1S/C28H36N2O2/c1-3-9-21-15-23(19-29-11-5-6-12-29)27(31)25(17-21)26-18-22(10-4-2)16-24(28(26)32)20-30-13-7-8-14-30/h3-4,15-18,31-32H,1-2,5-14,19-20H2. The van der Waals surface area contributed by atoms with E-state index in [9.17, 15) is 10.2 Å². The van der Waals surface area contributed by atoms with E-state index in [-0.39, 0.29) is 11.5 Å². The summed E-state index contributed by atoms with van der Waals surface area (Å²) in [6, 6.07) is 8.21. The van der Waals surface area contributed by atoms with Gasteiger partial charge in [0.2, 0.25) is 0 Å². The molecule has 0 unspecified atom stereocenters. The van der Waals surface area contributed by atoms with Crippen LogP contribution in [-0.2, 0) is 25.9 Å². The van der Waals surface area contributed by atoms with E-state index in [1.165, 1.54) is 25.7 Å². The molecule has 2 aromatic rings. The summed E-state index contributed by atoms with van der Waals surface area (Å²) in [6.07, 6.45) is 10.1. The lowest BCUT2D eigenvalue weighted by atomic mass is 9.92. The molecule has 2 aliphatic heterocycles. The largest absolute Gasteiger partial charge is 0.507 e. The first-order valence-electron chi connectivity index (χ1n) is 12.0. The molecular formula is C28H36N2O2. The van der Waals surface area contributed by atoms with Crippen LogP contribution in [0.5, 0.6) is 11.5 Å². The molecule has 0 bridgehead atoms. The number of likely N-dealkylation sites (tertiary alicyclic amines) is 2. The molecule has 2 aromatic carbocycles. The third kappa shape index (κ3) is 5.08. The molecule has 2 N–H and O–H groups in total. The highest BCUT2D eigenvalue weighted by atomic mass is 16.3. The number of hydrogen-bond donors (Lipinski definition) is 2. The molecule has 0 radical (unpaired) electrons. The van der Waals surface area contributed by atoms with E-state index < -0.39 is 0 Å². The Balaban J connectivity index is 1.79. The van der Waals surface area contributed by atoms with Crippen molar-refractivity contribution >= 4 is 0 Å². The predicted molar refractivity (Wildman–Crippen MR) is 132 cm³/mol. The summed E-state index contributed by atoms with van der Waals surface area (Å²) in [5.41, 5.74) is 5.49. The Morgan fingerprint density at radius 1 is 0.656 bits per heavy atom. The average molecular weight is 433 g/mol. The van der Waals surface area contributed by atoms with Gasteiger partial charge in [-0.15, -0.1) is 13.2 Å². The van der Waals surface area contributed by atoms with E-state index in [0.29, 0.717) is 11.1 Å². The van der Waals surface area contributed by atoms with Crippen LogP contribution < -0.4 is 0 Å². The molecule has 170 valence electrons. The number of phenols is 2. The van der Waals surface area contributed by atoms with Gasteiger partial charge in [0, 0.05) is 35.3 Å². The van der Waals surface area contributed by atoms with Crippen molar-refractivity contribution in [2.24, 2.45) is 0 Å². The lowest BCUT2D eigenvalue weighted by Gasteiger charge is -2.21. The summed E-state index contributed by atoms with van der Waals surface area (Å²) < 4.78 is 0. The number of benzene rings is 2. The van der Waals surface area contributed by atoms with Gasteiger partial charge in [0.15, 0.2) is 0 Å². The first-order valence-corrected chi connectivity index (χ1v) is 12.0. The number of hydrogen-bond acceptors (Lipinski definition) is 4. The van der Waals surface area contributed by atoms with E-state index in [2.05, 4.69) is 35.1 Å². The average Bonchev–Trinajstić information content (AvgIpc) is 3.47. The smallest absolute Gasteiger partial charge is 0.128 e. The van der Waals surface area contributed by atoms with Crippen LogP contribution in [0.25, 0.3) is 11.1 Å². The highest BCUT2D eigenvalue weighted by molar-refractivity contribution is 5.79. The van der Waals surface area contributed by atoms with Crippen molar-refractivity contribution in [1.29, 1.82) is 0 Å².